The predicted octanol–water partition coefficient (Wildman–Crippen LogP) is 1.47. The molecule has 1 saturated heterocycles. The van der Waals surface area contributed by atoms with E-state index in [9.17, 15) is 0 Å². The number of rotatable bonds is 3. The molecule has 0 aromatic carbocycles. The fraction of sp³-hybridized carbons (Fsp3) is 0.600. The summed E-state index contributed by atoms with van der Waals surface area (Å²) in [4.78, 5) is 6.85. The molecule has 1 N–H and O–H groups in total. The lowest BCUT2D eigenvalue weighted by molar-refractivity contribution is 0.174. The van der Waals surface area contributed by atoms with Crippen LogP contribution in [0.1, 0.15) is 24.6 Å². The molecule has 20 heavy (non-hydrogen) atoms. The molecule has 0 amide bonds. The predicted molar refractivity (Wildman–Crippen MR) is 79.6 cm³/mol. The van der Waals surface area contributed by atoms with Crippen LogP contribution in [-0.2, 0) is 6.54 Å². The summed E-state index contributed by atoms with van der Waals surface area (Å²) in [6.45, 7) is 7.53. The molecule has 1 aliphatic rings. The maximum Gasteiger partial charge on any atom is 0.155 e. The van der Waals surface area contributed by atoms with Gasteiger partial charge in [-0.3, -0.25) is 0 Å². The minimum Gasteiger partial charge on any atom is -0.309 e. The third kappa shape index (κ3) is 2.83. The van der Waals surface area contributed by atoms with E-state index in [-0.39, 0.29) is 0 Å². The van der Waals surface area contributed by atoms with Crippen LogP contribution in [-0.4, -0.2) is 45.7 Å². The zero-order valence-electron chi connectivity index (χ0n) is 12.5. The van der Waals surface area contributed by atoms with E-state index in [0.717, 1.165) is 17.9 Å². The van der Waals surface area contributed by atoms with Gasteiger partial charge in [-0.2, -0.15) is 5.10 Å². The summed E-state index contributed by atoms with van der Waals surface area (Å²) >= 11 is 0. The first-order chi connectivity index (χ1) is 9.61. The highest BCUT2D eigenvalue weighted by atomic mass is 15.2. The fourth-order valence-electron chi connectivity index (χ4n) is 3.03. The summed E-state index contributed by atoms with van der Waals surface area (Å²) in [5.74, 6) is 0.692. The summed E-state index contributed by atoms with van der Waals surface area (Å²) in [5.41, 5.74) is 3.11. The van der Waals surface area contributed by atoms with Crippen LogP contribution < -0.4 is 5.32 Å². The van der Waals surface area contributed by atoms with Crippen LogP contribution in [0.15, 0.2) is 18.5 Å². The first kappa shape index (κ1) is 13.5. The van der Waals surface area contributed by atoms with Gasteiger partial charge in [0, 0.05) is 43.2 Å². The fourth-order valence-corrected chi connectivity index (χ4v) is 3.03. The Morgan fingerprint density at radius 1 is 1.45 bits per heavy atom. The molecule has 1 aliphatic heterocycles. The van der Waals surface area contributed by atoms with E-state index in [2.05, 4.69) is 40.5 Å². The van der Waals surface area contributed by atoms with Gasteiger partial charge in [-0.1, -0.05) is 6.92 Å². The molecule has 0 spiro atoms. The second-order valence-electron chi connectivity index (χ2n) is 6.07. The molecule has 0 radical (unpaired) electrons. The van der Waals surface area contributed by atoms with Crippen LogP contribution in [0.3, 0.4) is 0 Å². The van der Waals surface area contributed by atoms with Crippen molar-refractivity contribution in [3.63, 3.8) is 0 Å². The van der Waals surface area contributed by atoms with E-state index in [1.165, 1.54) is 25.1 Å². The summed E-state index contributed by atoms with van der Waals surface area (Å²) in [6.07, 6.45) is 5.24. The molecule has 5 heteroatoms. The smallest absolute Gasteiger partial charge is 0.155 e. The Labute approximate surface area is 120 Å². The first-order valence-corrected chi connectivity index (χ1v) is 7.34. The van der Waals surface area contributed by atoms with E-state index in [1.54, 1.807) is 0 Å². The SMILES string of the molecule is Cc1cc2ncc(CNC3CCN(C)CC3C)cn2n1. The van der Waals surface area contributed by atoms with Crippen LogP contribution in [0.25, 0.3) is 5.65 Å². The molecular weight excluding hydrogens is 250 g/mol. The molecule has 2 aromatic rings. The number of piperidine rings is 1. The van der Waals surface area contributed by atoms with E-state index < -0.39 is 0 Å². The normalized spacial score (nSPS) is 24.4. The Morgan fingerprint density at radius 3 is 3.10 bits per heavy atom. The number of aromatic nitrogens is 3. The van der Waals surface area contributed by atoms with Crippen molar-refractivity contribution in [1.82, 2.24) is 24.8 Å². The number of nitrogens with zero attached hydrogens (tertiary/aromatic N) is 4. The minimum absolute atomic E-state index is 0.598. The molecule has 108 valence electrons. The molecule has 0 saturated carbocycles. The number of likely N-dealkylation sites (tertiary alicyclic amines) is 1. The van der Waals surface area contributed by atoms with Gasteiger partial charge >= 0.3 is 0 Å². The Morgan fingerprint density at radius 2 is 2.30 bits per heavy atom. The Balaban J connectivity index is 1.64. The minimum atomic E-state index is 0.598. The number of aryl methyl sites for hydroxylation is 1. The number of hydrogen-bond acceptors (Lipinski definition) is 4. The lowest BCUT2D eigenvalue weighted by Gasteiger charge is -2.35. The van der Waals surface area contributed by atoms with Gasteiger partial charge in [0.1, 0.15) is 0 Å². The highest BCUT2D eigenvalue weighted by molar-refractivity contribution is 5.38. The quantitative estimate of drug-likeness (QED) is 0.920. The van der Waals surface area contributed by atoms with E-state index >= 15 is 0 Å². The van der Waals surface area contributed by atoms with Crippen molar-refractivity contribution in [3.05, 3.63) is 29.7 Å². The van der Waals surface area contributed by atoms with Crippen molar-refractivity contribution in [2.45, 2.75) is 32.9 Å². The number of fused-ring (bicyclic) bond motifs is 1. The van der Waals surface area contributed by atoms with E-state index in [4.69, 9.17) is 0 Å². The van der Waals surface area contributed by atoms with Crippen LogP contribution >= 0.6 is 0 Å². The lowest BCUT2D eigenvalue weighted by Crippen LogP contribution is -2.46. The third-order valence-corrected chi connectivity index (χ3v) is 4.17. The molecule has 2 unspecified atom stereocenters. The van der Waals surface area contributed by atoms with Gasteiger partial charge in [-0.05, 0) is 32.9 Å². The number of hydrogen-bond donors (Lipinski definition) is 1. The monoisotopic (exact) mass is 273 g/mol. The van der Waals surface area contributed by atoms with Crippen molar-refractivity contribution in [3.8, 4) is 0 Å². The summed E-state index contributed by atoms with van der Waals surface area (Å²) in [6, 6.07) is 2.59. The van der Waals surface area contributed by atoms with Gasteiger partial charge in [0.2, 0.25) is 0 Å². The molecule has 3 rings (SSSR count). The Hall–Kier alpha value is -1.46. The molecule has 2 atom stereocenters. The van der Waals surface area contributed by atoms with Gasteiger partial charge in [0.15, 0.2) is 5.65 Å². The van der Waals surface area contributed by atoms with Crippen LogP contribution in [0.5, 0.6) is 0 Å². The Bertz CT molecular complexity index is 591. The van der Waals surface area contributed by atoms with Gasteiger partial charge in [-0.15, -0.1) is 0 Å². The van der Waals surface area contributed by atoms with E-state index in [1.807, 2.05) is 23.7 Å². The average Bonchev–Trinajstić information content (AvgIpc) is 2.77. The van der Waals surface area contributed by atoms with Gasteiger partial charge in [-0.25, -0.2) is 9.50 Å². The van der Waals surface area contributed by atoms with E-state index in [0.29, 0.717) is 12.0 Å². The molecular formula is C15H23N5. The van der Waals surface area contributed by atoms with Crippen molar-refractivity contribution in [2.24, 2.45) is 5.92 Å². The summed E-state index contributed by atoms with van der Waals surface area (Å²) in [7, 11) is 2.20. The zero-order valence-corrected chi connectivity index (χ0v) is 12.5. The molecule has 5 nitrogen and oxygen atoms in total. The standard InChI is InChI=1S/C15H23N5/c1-11-9-19(3)5-4-14(11)16-7-13-8-17-15-6-12(2)18-20(15)10-13/h6,8,10-11,14,16H,4-5,7,9H2,1-3H3. The highest BCUT2D eigenvalue weighted by Crippen LogP contribution is 2.16. The molecule has 3 heterocycles. The largest absolute Gasteiger partial charge is 0.309 e. The van der Waals surface area contributed by atoms with Gasteiger partial charge < -0.3 is 10.2 Å². The summed E-state index contributed by atoms with van der Waals surface area (Å²) < 4.78 is 1.87. The zero-order chi connectivity index (χ0) is 14.1. The van der Waals surface area contributed by atoms with Gasteiger partial charge in [0.25, 0.3) is 0 Å². The summed E-state index contributed by atoms with van der Waals surface area (Å²) in [5, 5.41) is 8.09. The van der Waals surface area contributed by atoms with Crippen LogP contribution in [0.2, 0.25) is 0 Å². The van der Waals surface area contributed by atoms with Crippen molar-refractivity contribution in [1.29, 1.82) is 0 Å². The lowest BCUT2D eigenvalue weighted by atomic mass is 9.94. The molecule has 1 fully saturated rings. The molecule has 0 aliphatic carbocycles. The molecule has 0 bridgehead atoms. The van der Waals surface area contributed by atoms with Gasteiger partial charge in [0.05, 0.1) is 5.69 Å². The maximum absolute atomic E-state index is 4.45. The highest BCUT2D eigenvalue weighted by Gasteiger charge is 2.23. The van der Waals surface area contributed by atoms with Crippen molar-refractivity contribution >= 4 is 5.65 Å². The number of nitrogens with one attached hydrogen (secondary N) is 1. The van der Waals surface area contributed by atoms with Crippen molar-refractivity contribution in [2.75, 3.05) is 20.1 Å². The Kier molecular flexibility index (Phi) is 3.72. The molecule has 2 aromatic heterocycles. The maximum atomic E-state index is 4.45. The first-order valence-electron chi connectivity index (χ1n) is 7.34. The second kappa shape index (κ2) is 5.50. The third-order valence-electron chi connectivity index (χ3n) is 4.17. The average molecular weight is 273 g/mol. The van der Waals surface area contributed by atoms with Crippen LogP contribution in [0, 0.1) is 12.8 Å². The van der Waals surface area contributed by atoms with Crippen molar-refractivity contribution < 1.29 is 0 Å². The second-order valence-corrected chi connectivity index (χ2v) is 6.07. The van der Waals surface area contributed by atoms with Crippen LogP contribution in [0.4, 0.5) is 0 Å². The topological polar surface area (TPSA) is 45.5 Å².